The standard InChI is InChI=1S/C23H21NO/c1-23(2,3)19-10-9-16-13-17-11-12-24-22(21(17)15-18(16)14-19)25-20-7-5-4-6-8-20/h4-15H,1-3H3. The Kier molecular flexibility index (Phi) is 3.69. The third-order valence-corrected chi connectivity index (χ3v) is 4.51. The summed E-state index contributed by atoms with van der Waals surface area (Å²) < 4.78 is 6.03. The van der Waals surface area contributed by atoms with Crippen molar-refractivity contribution in [3.63, 3.8) is 0 Å². The molecule has 0 radical (unpaired) electrons. The lowest BCUT2D eigenvalue weighted by atomic mass is 9.85. The lowest BCUT2D eigenvalue weighted by Gasteiger charge is -2.19. The zero-order valence-electron chi connectivity index (χ0n) is 14.8. The SMILES string of the molecule is CC(C)(C)c1ccc2cc3ccnc(Oc4ccccc4)c3cc2c1. The molecule has 0 spiro atoms. The van der Waals surface area contributed by atoms with Gasteiger partial charge in [-0.2, -0.15) is 0 Å². The van der Waals surface area contributed by atoms with Gasteiger partial charge in [-0.1, -0.05) is 57.2 Å². The van der Waals surface area contributed by atoms with E-state index >= 15 is 0 Å². The number of pyridine rings is 1. The second-order valence-corrected chi connectivity index (χ2v) is 7.42. The molecule has 0 aliphatic carbocycles. The number of fused-ring (bicyclic) bond motifs is 2. The van der Waals surface area contributed by atoms with Crippen LogP contribution in [0.25, 0.3) is 21.5 Å². The maximum atomic E-state index is 6.03. The number of para-hydroxylation sites is 1. The monoisotopic (exact) mass is 327 g/mol. The van der Waals surface area contributed by atoms with Crippen LogP contribution in [0.15, 0.2) is 72.9 Å². The summed E-state index contributed by atoms with van der Waals surface area (Å²) in [6, 6.07) is 22.9. The summed E-state index contributed by atoms with van der Waals surface area (Å²) in [5.41, 5.74) is 1.45. The third kappa shape index (κ3) is 3.08. The molecule has 0 unspecified atom stereocenters. The molecule has 1 heterocycles. The summed E-state index contributed by atoms with van der Waals surface area (Å²) in [7, 11) is 0. The molecule has 0 saturated heterocycles. The Morgan fingerprint density at radius 1 is 0.760 bits per heavy atom. The minimum absolute atomic E-state index is 0.126. The lowest BCUT2D eigenvalue weighted by Crippen LogP contribution is -2.10. The van der Waals surface area contributed by atoms with Gasteiger partial charge in [0.25, 0.3) is 0 Å². The average Bonchev–Trinajstić information content (AvgIpc) is 2.60. The van der Waals surface area contributed by atoms with Crippen molar-refractivity contribution < 1.29 is 4.74 Å². The molecule has 0 aliphatic heterocycles. The van der Waals surface area contributed by atoms with Gasteiger partial charge in [0.05, 0.1) is 0 Å². The largest absolute Gasteiger partial charge is 0.438 e. The molecule has 0 atom stereocenters. The molecule has 0 fully saturated rings. The first-order chi connectivity index (χ1) is 12.0. The van der Waals surface area contributed by atoms with Gasteiger partial charge in [-0.3, -0.25) is 0 Å². The van der Waals surface area contributed by atoms with E-state index in [2.05, 4.69) is 56.1 Å². The third-order valence-electron chi connectivity index (χ3n) is 4.51. The van der Waals surface area contributed by atoms with Crippen LogP contribution in [0.3, 0.4) is 0 Å². The lowest BCUT2D eigenvalue weighted by molar-refractivity contribution is 0.469. The van der Waals surface area contributed by atoms with Crippen LogP contribution in [0.4, 0.5) is 0 Å². The van der Waals surface area contributed by atoms with Crippen molar-refractivity contribution in [2.45, 2.75) is 26.2 Å². The summed E-state index contributed by atoms with van der Waals surface area (Å²) >= 11 is 0. The van der Waals surface area contributed by atoms with Gasteiger partial charge in [0.15, 0.2) is 0 Å². The van der Waals surface area contributed by atoms with E-state index in [0.29, 0.717) is 5.88 Å². The summed E-state index contributed by atoms with van der Waals surface area (Å²) in [4.78, 5) is 4.46. The van der Waals surface area contributed by atoms with Crippen molar-refractivity contribution in [2.75, 3.05) is 0 Å². The van der Waals surface area contributed by atoms with Gasteiger partial charge >= 0.3 is 0 Å². The fourth-order valence-corrected chi connectivity index (χ4v) is 3.04. The molecule has 2 heteroatoms. The van der Waals surface area contributed by atoms with Crippen LogP contribution in [0.2, 0.25) is 0 Å². The fourth-order valence-electron chi connectivity index (χ4n) is 3.04. The molecule has 124 valence electrons. The number of ether oxygens (including phenoxy) is 1. The molecular weight excluding hydrogens is 306 g/mol. The van der Waals surface area contributed by atoms with Crippen LogP contribution in [-0.4, -0.2) is 4.98 Å². The average molecular weight is 327 g/mol. The number of aromatic nitrogens is 1. The van der Waals surface area contributed by atoms with E-state index < -0.39 is 0 Å². The Morgan fingerprint density at radius 2 is 1.56 bits per heavy atom. The maximum absolute atomic E-state index is 6.03. The zero-order valence-corrected chi connectivity index (χ0v) is 14.8. The minimum atomic E-state index is 0.126. The number of benzene rings is 3. The highest BCUT2D eigenvalue weighted by atomic mass is 16.5. The molecule has 3 aromatic carbocycles. The summed E-state index contributed by atoms with van der Waals surface area (Å²) in [5.74, 6) is 1.44. The van der Waals surface area contributed by atoms with Crippen LogP contribution < -0.4 is 4.74 Å². The van der Waals surface area contributed by atoms with Gasteiger partial charge in [0.2, 0.25) is 5.88 Å². The van der Waals surface area contributed by atoms with Crippen molar-refractivity contribution in [3.8, 4) is 11.6 Å². The van der Waals surface area contributed by atoms with Gasteiger partial charge in [-0.25, -0.2) is 4.98 Å². The van der Waals surface area contributed by atoms with E-state index in [1.165, 1.54) is 16.3 Å². The topological polar surface area (TPSA) is 22.1 Å². The molecule has 0 N–H and O–H groups in total. The van der Waals surface area contributed by atoms with Crippen molar-refractivity contribution in [1.82, 2.24) is 4.98 Å². The van der Waals surface area contributed by atoms with Gasteiger partial charge in [0.1, 0.15) is 5.75 Å². The Morgan fingerprint density at radius 3 is 2.32 bits per heavy atom. The van der Waals surface area contributed by atoms with Crippen molar-refractivity contribution in [1.29, 1.82) is 0 Å². The summed E-state index contributed by atoms with van der Waals surface area (Å²) in [6.07, 6.45) is 1.80. The number of nitrogens with zero attached hydrogens (tertiary/aromatic N) is 1. The van der Waals surface area contributed by atoms with E-state index in [1.54, 1.807) is 6.20 Å². The van der Waals surface area contributed by atoms with Gasteiger partial charge in [-0.05, 0) is 57.5 Å². The molecule has 0 amide bonds. The molecular formula is C23H21NO. The highest BCUT2D eigenvalue weighted by Crippen LogP contribution is 2.33. The molecule has 4 rings (SSSR count). The summed E-state index contributed by atoms with van der Waals surface area (Å²) in [5, 5.41) is 4.62. The summed E-state index contributed by atoms with van der Waals surface area (Å²) in [6.45, 7) is 6.71. The first-order valence-electron chi connectivity index (χ1n) is 8.57. The number of hydrogen-bond acceptors (Lipinski definition) is 2. The number of hydrogen-bond donors (Lipinski definition) is 0. The highest BCUT2D eigenvalue weighted by Gasteiger charge is 2.14. The Labute approximate surface area is 148 Å². The molecule has 0 saturated carbocycles. The molecule has 25 heavy (non-hydrogen) atoms. The predicted molar refractivity (Wildman–Crippen MR) is 104 cm³/mol. The molecule has 2 nitrogen and oxygen atoms in total. The van der Waals surface area contributed by atoms with E-state index in [-0.39, 0.29) is 5.41 Å². The molecule has 1 aromatic heterocycles. The van der Waals surface area contributed by atoms with Crippen molar-refractivity contribution in [3.05, 3.63) is 78.5 Å². The first-order valence-corrected chi connectivity index (χ1v) is 8.57. The Balaban J connectivity index is 1.88. The van der Waals surface area contributed by atoms with Crippen LogP contribution >= 0.6 is 0 Å². The molecule has 0 aliphatic rings. The quantitative estimate of drug-likeness (QED) is 0.393. The number of rotatable bonds is 2. The van der Waals surface area contributed by atoms with E-state index in [1.807, 2.05) is 36.4 Å². The van der Waals surface area contributed by atoms with Gasteiger partial charge in [-0.15, -0.1) is 0 Å². The smallest absolute Gasteiger partial charge is 0.227 e. The van der Waals surface area contributed by atoms with Crippen molar-refractivity contribution >= 4 is 21.5 Å². The minimum Gasteiger partial charge on any atom is -0.438 e. The maximum Gasteiger partial charge on any atom is 0.227 e. The van der Waals surface area contributed by atoms with E-state index in [9.17, 15) is 0 Å². The Bertz CT molecular complexity index is 1050. The highest BCUT2D eigenvalue weighted by molar-refractivity contribution is 6.00. The van der Waals surface area contributed by atoms with Crippen LogP contribution in [-0.2, 0) is 5.41 Å². The molecule has 4 aromatic rings. The second kappa shape index (κ2) is 5.89. The van der Waals surface area contributed by atoms with Crippen molar-refractivity contribution in [2.24, 2.45) is 0 Å². The van der Waals surface area contributed by atoms with E-state index in [4.69, 9.17) is 4.74 Å². The fraction of sp³-hybridized carbons (Fsp3) is 0.174. The predicted octanol–water partition coefficient (Wildman–Crippen LogP) is 6.48. The normalized spacial score (nSPS) is 11.8. The van der Waals surface area contributed by atoms with Gasteiger partial charge in [0, 0.05) is 11.6 Å². The van der Waals surface area contributed by atoms with E-state index in [0.717, 1.165) is 16.5 Å². The Hall–Kier alpha value is -2.87. The molecule has 0 bridgehead atoms. The second-order valence-electron chi connectivity index (χ2n) is 7.42. The van der Waals surface area contributed by atoms with Crippen LogP contribution in [0.1, 0.15) is 26.3 Å². The first kappa shape index (κ1) is 15.6. The zero-order chi connectivity index (χ0) is 17.4. The van der Waals surface area contributed by atoms with Crippen LogP contribution in [0, 0.1) is 0 Å². The van der Waals surface area contributed by atoms with Gasteiger partial charge < -0.3 is 4.74 Å². The van der Waals surface area contributed by atoms with Crippen LogP contribution in [0.5, 0.6) is 11.6 Å².